The number of carboxylic acid groups (broad SMARTS) is 1. The molecule has 1 unspecified atom stereocenters. The van der Waals surface area contributed by atoms with E-state index in [0.29, 0.717) is 18.8 Å². The molecule has 24 heavy (non-hydrogen) atoms. The summed E-state index contributed by atoms with van der Waals surface area (Å²) in [5.74, 6) is -0.131. The van der Waals surface area contributed by atoms with Crippen molar-refractivity contribution in [3.05, 3.63) is 18.5 Å². The van der Waals surface area contributed by atoms with E-state index in [2.05, 4.69) is 4.98 Å². The third-order valence-corrected chi connectivity index (χ3v) is 4.97. The van der Waals surface area contributed by atoms with E-state index in [4.69, 9.17) is 5.73 Å². The van der Waals surface area contributed by atoms with E-state index in [1.807, 2.05) is 38.7 Å². The summed E-state index contributed by atoms with van der Waals surface area (Å²) in [6.07, 6.45) is 2.21. The molecule has 4 N–H and O–H groups in total. The number of piperidine rings is 1. The van der Waals surface area contributed by atoms with Gasteiger partial charge in [-0.1, -0.05) is 6.92 Å². The Balaban J connectivity index is 2.44. The Labute approximate surface area is 143 Å². The summed E-state index contributed by atoms with van der Waals surface area (Å²) in [7, 11) is 0. The molecule has 0 bridgehead atoms. The van der Waals surface area contributed by atoms with Gasteiger partial charge in [0.1, 0.15) is 0 Å². The van der Waals surface area contributed by atoms with Gasteiger partial charge in [-0.05, 0) is 33.8 Å². The van der Waals surface area contributed by atoms with Gasteiger partial charge in [0.25, 0.3) is 0 Å². The Bertz CT molecular complexity index is 612. The van der Waals surface area contributed by atoms with Crippen molar-refractivity contribution in [3.8, 4) is 0 Å². The number of nitrogen functional groups attached to an aromatic ring is 1. The molecule has 0 spiro atoms. The number of anilines is 2. The fraction of sp³-hybridized carbons (Fsp3) is 0.647. The molecule has 1 aliphatic rings. The number of aliphatic hydroxyl groups is 1. The number of rotatable bonds is 2. The number of pyridine rings is 1. The number of amides is 1. The highest BCUT2D eigenvalue weighted by atomic mass is 16.4. The van der Waals surface area contributed by atoms with E-state index in [1.165, 1.54) is 4.90 Å². The second-order valence-electron chi connectivity index (χ2n) is 7.81. The van der Waals surface area contributed by atoms with Crippen LogP contribution in [0.15, 0.2) is 18.5 Å². The topological polar surface area (TPSA) is 103 Å². The van der Waals surface area contributed by atoms with E-state index in [1.54, 1.807) is 19.3 Å². The van der Waals surface area contributed by atoms with Crippen molar-refractivity contribution < 1.29 is 15.0 Å². The second kappa shape index (κ2) is 6.12. The fourth-order valence-corrected chi connectivity index (χ4v) is 3.43. The maximum atomic E-state index is 11.9. The minimum Gasteiger partial charge on any atom is -0.465 e. The first-order chi connectivity index (χ1) is 11.0. The highest BCUT2D eigenvalue weighted by Gasteiger charge is 2.50. The monoisotopic (exact) mass is 336 g/mol. The SMILES string of the molecule is C[C@H]1CN(c2ccncc2N)C[C@@H](N(C(=O)O)C(C)(C)C)C1(C)O. The van der Waals surface area contributed by atoms with Crippen LogP contribution >= 0.6 is 0 Å². The first-order valence-corrected chi connectivity index (χ1v) is 8.15. The lowest BCUT2D eigenvalue weighted by molar-refractivity contribution is -0.0913. The van der Waals surface area contributed by atoms with Crippen LogP contribution in [0, 0.1) is 5.92 Å². The van der Waals surface area contributed by atoms with Crippen LogP contribution in [0.5, 0.6) is 0 Å². The van der Waals surface area contributed by atoms with Crippen molar-refractivity contribution in [2.75, 3.05) is 23.7 Å². The maximum absolute atomic E-state index is 11.9. The van der Waals surface area contributed by atoms with Gasteiger partial charge in [0.2, 0.25) is 0 Å². The molecule has 1 aromatic rings. The Morgan fingerprint density at radius 1 is 1.46 bits per heavy atom. The van der Waals surface area contributed by atoms with Crippen LogP contribution in [0.1, 0.15) is 34.6 Å². The molecule has 2 rings (SSSR count). The lowest BCUT2D eigenvalue weighted by atomic mass is 9.77. The summed E-state index contributed by atoms with van der Waals surface area (Å²) in [5, 5.41) is 20.8. The van der Waals surface area contributed by atoms with E-state index in [9.17, 15) is 15.0 Å². The maximum Gasteiger partial charge on any atom is 0.408 e. The molecule has 1 amide bonds. The van der Waals surface area contributed by atoms with Gasteiger partial charge < -0.3 is 20.8 Å². The zero-order chi connectivity index (χ0) is 18.3. The number of nitrogens with two attached hydrogens (primary N) is 1. The molecule has 0 saturated carbocycles. The van der Waals surface area contributed by atoms with Crippen molar-refractivity contribution >= 4 is 17.5 Å². The van der Waals surface area contributed by atoms with Crippen LogP contribution in [0.2, 0.25) is 0 Å². The molecule has 2 heterocycles. The lowest BCUT2D eigenvalue weighted by Crippen LogP contribution is -2.69. The van der Waals surface area contributed by atoms with Gasteiger partial charge in [0.05, 0.1) is 29.2 Å². The van der Waals surface area contributed by atoms with Gasteiger partial charge >= 0.3 is 6.09 Å². The summed E-state index contributed by atoms with van der Waals surface area (Å²) in [6.45, 7) is 10.1. The first kappa shape index (κ1) is 18.3. The van der Waals surface area contributed by atoms with Crippen LogP contribution < -0.4 is 10.6 Å². The molecule has 0 radical (unpaired) electrons. The molecule has 7 nitrogen and oxygen atoms in total. The molecule has 1 fully saturated rings. The number of carbonyl (C=O) groups is 1. The van der Waals surface area contributed by atoms with Gasteiger partial charge in [-0.15, -0.1) is 0 Å². The minimum absolute atomic E-state index is 0.131. The Morgan fingerprint density at radius 3 is 2.58 bits per heavy atom. The van der Waals surface area contributed by atoms with E-state index in [-0.39, 0.29) is 5.92 Å². The highest BCUT2D eigenvalue weighted by molar-refractivity contribution is 5.69. The van der Waals surface area contributed by atoms with E-state index in [0.717, 1.165) is 5.69 Å². The standard InChI is InChI=1S/C17H28N4O3/c1-11-9-20(13-6-7-19-8-12(13)18)10-14(17(11,5)24)21(15(22)23)16(2,3)4/h6-8,11,14,24H,9-10,18H2,1-5H3,(H,22,23)/t11-,14+,17?/m0/s1. The molecule has 134 valence electrons. The van der Waals surface area contributed by atoms with Crippen molar-refractivity contribution in [1.29, 1.82) is 0 Å². The summed E-state index contributed by atoms with van der Waals surface area (Å²) in [5.41, 5.74) is 5.63. The number of nitrogens with zero attached hydrogens (tertiary/aromatic N) is 3. The quantitative estimate of drug-likeness (QED) is 0.763. The van der Waals surface area contributed by atoms with E-state index < -0.39 is 23.3 Å². The summed E-state index contributed by atoms with van der Waals surface area (Å²) in [6, 6.07) is 1.24. The van der Waals surface area contributed by atoms with Gasteiger partial charge in [0.15, 0.2) is 0 Å². The average molecular weight is 336 g/mol. The predicted octanol–water partition coefficient (Wildman–Crippen LogP) is 2.02. The van der Waals surface area contributed by atoms with Crippen molar-refractivity contribution in [1.82, 2.24) is 9.88 Å². The highest BCUT2D eigenvalue weighted by Crippen LogP contribution is 2.37. The third kappa shape index (κ3) is 3.26. The molecule has 0 aromatic carbocycles. The molecule has 1 aromatic heterocycles. The minimum atomic E-state index is -1.13. The fourth-order valence-electron chi connectivity index (χ4n) is 3.43. The smallest absolute Gasteiger partial charge is 0.408 e. The molecule has 0 aliphatic carbocycles. The van der Waals surface area contributed by atoms with Crippen molar-refractivity contribution in [2.45, 2.75) is 51.8 Å². The summed E-state index contributed by atoms with van der Waals surface area (Å²) < 4.78 is 0. The lowest BCUT2D eigenvalue weighted by Gasteiger charge is -2.53. The molecular weight excluding hydrogens is 308 g/mol. The molecule has 7 heteroatoms. The predicted molar refractivity (Wildman–Crippen MR) is 94.1 cm³/mol. The third-order valence-electron chi connectivity index (χ3n) is 4.97. The van der Waals surface area contributed by atoms with E-state index >= 15 is 0 Å². The van der Waals surface area contributed by atoms with Gasteiger partial charge in [-0.2, -0.15) is 0 Å². The van der Waals surface area contributed by atoms with Crippen LogP contribution in [0.25, 0.3) is 0 Å². The zero-order valence-corrected chi connectivity index (χ0v) is 15.0. The second-order valence-corrected chi connectivity index (χ2v) is 7.81. The van der Waals surface area contributed by atoms with Crippen molar-refractivity contribution in [2.24, 2.45) is 5.92 Å². The number of hydrogen-bond acceptors (Lipinski definition) is 5. The Kier molecular flexibility index (Phi) is 4.68. The number of aromatic nitrogens is 1. The average Bonchev–Trinajstić information content (AvgIpc) is 2.42. The largest absolute Gasteiger partial charge is 0.465 e. The molecule has 1 saturated heterocycles. The molecular formula is C17H28N4O3. The van der Waals surface area contributed by atoms with Crippen LogP contribution in [0.3, 0.4) is 0 Å². The summed E-state index contributed by atoms with van der Waals surface area (Å²) in [4.78, 5) is 19.3. The van der Waals surface area contributed by atoms with Gasteiger partial charge in [0, 0.05) is 30.7 Å². The summed E-state index contributed by atoms with van der Waals surface area (Å²) >= 11 is 0. The van der Waals surface area contributed by atoms with Crippen LogP contribution in [0.4, 0.5) is 16.2 Å². The molecule has 1 aliphatic heterocycles. The van der Waals surface area contributed by atoms with Gasteiger partial charge in [-0.3, -0.25) is 9.88 Å². The Morgan fingerprint density at radius 2 is 2.08 bits per heavy atom. The first-order valence-electron chi connectivity index (χ1n) is 8.15. The molecule has 3 atom stereocenters. The zero-order valence-electron chi connectivity index (χ0n) is 15.0. The van der Waals surface area contributed by atoms with Crippen LogP contribution in [-0.2, 0) is 0 Å². The number of hydrogen-bond donors (Lipinski definition) is 3. The van der Waals surface area contributed by atoms with Crippen molar-refractivity contribution in [3.63, 3.8) is 0 Å². The van der Waals surface area contributed by atoms with Crippen LogP contribution in [-0.4, -0.2) is 56.5 Å². The Hall–Kier alpha value is -2.02. The normalized spacial score (nSPS) is 27.8. The van der Waals surface area contributed by atoms with Gasteiger partial charge in [-0.25, -0.2) is 4.79 Å².